The number of nitrogens with zero attached hydrogens (tertiary/aromatic N) is 2. The number of carboxylic acids is 1. The Labute approximate surface area is 89.4 Å². The predicted octanol–water partition coefficient (Wildman–Crippen LogP) is -0.504. The zero-order valence-electron chi connectivity index (χ0n) is 7.94. The molecule has 0 aromatic carbocycles. The van der Waals surface area contributed by atoms with E-state index in [1.807, 2.05) is 0 Å². The van der Waals surface area contributed by atoms with Crippen molar-refractivity contribution in [3.63, 3.8) is 0 Å². The minimum atomic E-state index is -4.63. The highest BCUT2D eigenvalue weighted by Crippen LogP contribution is 2.23. The molecular weight excluding hydrogens is 253 g/mol. The molecule has 0 bridgehead atoms. The zero-order chi connectivity index (χ0) is 12.6. The Hall–Kier alpha value is -0.870. The van der Waals surface area contributed by atoms with E-state index in [4.69, 9.17) is 5.11 Å². The fourth-order valence-electron chi connectivity index (χ4n) is 1.29. The van der Waals surface area contributed by atoms with Crippen molar-refractivity contribution in [1.82, 2.24) is 8.61 Å². The molecule has 1 heterocycles. The minimum absolute atomic E-state index is 0.218. The number of halogens is 3. The number of alkyl halides is 3. The van der Waals surface area contributed by atoms with Gasteiger partial charge in [0.15, 0.2) is 0 Å². The average molecular weight is 262 g/mol. The van der Waals surface area contributed by atoms with E-state index in [1.54, 1.807) is 0 Å². The summed E-state index contributed by atoms with van der Waals surface area (Å²) in [6.07, 6.45) is -4.63. The number of carbonyl (C=O) groups is 1. The van der Waals surface area contributed by atoms with Crippen molar-refractivity contribution in [3.05, 3.63) is 0 Å². The second kappa shape index (κ2) is 4.18. The molecule has 0 radical (unpaired) electrons. The summed E-state index contributed by atoms with van der Waals surface area (Å²) in [5.41, 5.74) is 0. The molecule has 1 aliphatic heterocycles. The van der Waals surface area contributed by atoms with Crippen LogP contribution in [0.1, 0.15) is 0 Å². The Morgan fingerprint density at radius 2 is 1.75 bits per heavy atom. The maximum atomic E-state index is 12.0. The lowest BCUT2D eigenvalue weighted by Crippen LogP contribution is -2.40. The van der Waals surface area contributed by atoms with E-state index in [1.165, 1.54) is 0 Å². The number of aliphatic carboxylic acids is 1. The summed E-state index contributed by atoms with van der Waals surface area (Å²) < 4.78 is 59.5. The molecule has 0 aromatic rings. The Morgan fingerprint density at radius 1 is 1.25 bits per heavy atom. The predicted molar refractivity (Wildman–Crippen MR) is 45.8 cm³/mol. The summed E-state index contributed by atoms with van der Waals surface area (Å²) in [6, 6.07) is 0. The van der Waals surface area contributed by atoms with E-state index in [2.05, 4.69) is 0 Å². The highest BCUT2D eigenvalue weighted by Gasteiger charge is 2.43. The molecule has 16 heavy (non-hydrogen) atoms. The van der Waals surface area contributed by atoms with Crippen LogP contribution < -0.4 is 0 Å². The lowest BCUT2D eigenvalue weighted by atomic mass is 10.5. The second-order valence-corrected chi connectivity index (χ2v) is 5.11. The van der Waals surface area contributed by atoms with E-state index in [-0.39, 0.29) is 17.4 Å². The van der Waals surface area contributed by atoms with Crippen LogP contribution in [0, 0.1) is 0 Å². The third-order valence-electron chi connectivity index (χ3n) is 1.92. The smallest absolute Gasteiger partial charge is 0.402 e. The second-order valence-electron chi connectivity index (χ2n) is 3.18. The van der Waals surface area contributed by atoms with Gasteiger partial charge < -0.3 is 5.11 Å². The van der Waals surface area contributed by atoms with E-state index in [9.17, 15) is 26.4 Å². The summed E-state index contributed by atoms with van der Waals surface area (Å²) in [6.45, 7) is -3.01. The number of hydrogen-bond donors (Lipinski definition) is 1. The fourth-order valence-corrected chi connectivity index (χ4v) is 2.82. The first-order chi connectivity index (χ1) is 7.13. The molecule has 0 saturated carbocycles. The summed E-state index contributed by atoms with van der Waals surface area (Å²) in [4.78, 5) is 10.3. The standard InChI is InChI=1S/C6H9F3N2O4S/c7-6(8,9)4-11-2-1-10(3-5(12)13)16(11,14)15/h1-4H2,(H,12,13). The third-order valence-corrected chi connectivity index (χ3v) is 3.85. The molecule has 0 aliphatic carbocycles. The largest absolute Gasteiger partial charge is 0.480 e. The summed E-state index contributed by atoms with van der Waals surface area (Å²) in [5.74, 6) is -1.41. The Kier molecular flexibility index (Phi) is 3.45. The maximum Gasteiger partial charge on any atom is 0.402 e. The topological polar surface area (TPSA) is 77.9 Å². The van der Waals surface area contributed by atoms with Crippen molar-refractivity contribution in [2.75, 3.05) is 26.2 Å². The molecule has 1 aliphatic rings. The third kappa shape index (κ3) is 3.06. The Bertz CT molecular complexity index is 380. The molecule has 0 unspecified atom stereocenters. The quantitative estimate of drug-likeness (QED) is 0.743. The molecule has 0 spiro atoms. The van der Waals surface area contributed by atoms with Gasteiger partial charge in [-0.15, -0.1) is 0 Å². The van der Waals surface area contributed by atoms with Gasteiger partial charge in [-0.25, -0.2) is 0 Å². The fraction of sp³-hybridized carbons (Fsp3) is 0.833. The molecule has 1 fully saturated rings. The van der Waals surface area contributed by atoms with E-state index >= 15 is 0 Å². The van der Waals surface area contributed by atoms with Crippen LogP contribution in [0.15, 0.2) is 0 Å². The molecule has 0 amide bonds. The number of hydrogen-bond acceptors (Lipinski definition) is 3. The van der Waals surface area contributed by atoms with Crippen LogP contribution in [0.4, 0.5) is 13.2 Å². The van der Waals surface area contributed by atoms with Gasteiger partial charge in [0.2, 0.25) is 0 Å². The zero-order valence-corrected chi connectivity index (χ0v) is 8.75. The van der Waals surface area contributed by atoms with Gasteiger partial charge in [-0.1, -0.05) is 0 Å². The van der Waals surface area contributed by atoms with E-state index in [0.29, 0.717) is 4.31 Å². The van der Waals surface area contributed by atoms with Crippen LogP contribution in [0.2, 0.25) is 0 Å². The first kappa shape index (κ1) is 13.2. The number of carboxylic acid groups (broad SMARTS) is 1. The highest BCUT2D eigenvalue weighted by molar-refractivity contribution is 7.87. The molecule has 1 N–H and O–H groups in total. The Balaban J connectivity index is 2.77. The average Bonchev–Trinajstić information content (AvgIpc) is 2.28. The molecular formula is C6H9F3N2O4S. The molecule has 6 nitrogen and oxygen atoms in total. The first-order valence-electron chi connectivity index (χ1n) is 4.17. The van der Waals surface area contributed by atoms with Crippen molar-refractivity contribution in [2.24, 2.45) is 0 Å². The van der Waals surface area contributed by atoms with Crippen LogP contribution in [-0.2, 0) is 15.0 Å². The van der Waals surface area contributed by atoms with Crippen molar-refractivity contribution < 1.29 is 31.5 Å². The monoisotopic (exact) mass is 262 g/mol. The van der Waals surface area contributed by atoms with Crippen LogP contribution in [0.3, 0.4) is 0 Å². The van der Waals surface area contributed by atoms with E-state index < -0.39 is 35.4 Å². The van der Waals surface area contributed by atoms with Gasteiger partial charge in [-0.05, 0) is 0 Å². The molecule has 1 saturated heterocycles. The van der Waals surface area contributed by atoms with Crippen molar-refractivity contribution in [1.29, 1.82) is 0 Å². The van der Waals surface area contributed by atoms with Crippen LogP contribution in [-0.4, -0.2) is 60.5 Å². The van der Waals surface area contributed by atoms with Crippen LogP contribution in [0.25, 0.3) is 0 Å². The van der Waals surface area contributed by atoms with Crippen molar-refractivity contribution in [2.45, 2.75) is 6.18 Å². The SMILES string of the molecule is O=C(O)CN1CCN(CC(F)(F)F)S1(=O)=O. The summed E-state index contributed by atoms with van der Waals surface area (Å²) >= 11 is 0. The maximum absolute atomic E-state index is 12.0. The van der Waals surface area contributed by atoms with Crippen LogP contribution in [0.5, 0.6) is 0 Å². The minimum Gasteiger partial charge on any atom is -0.480 e. The first-order valence-corrected chi connectivity index (χ1v) is 5.56. The lowest BCUT2D eigenvalue weighted by molar-refractivity contribution is -0.137. The molecule has 10 heteroatoms. The Morgan fingerprint density at radius 3 is 2.19 bits per heavy atom. The van der Waals surface area contributed by atoms with Crippen molar-refractivity contribution >= 4 is 16.2 Å². The van der Waals surface area contributed by atoms with Gasteiger partial charge >= 0.3 is 12.1 Å². The van der Waals surface area contributed by atoms with Gasteiger partial charge in [0.25, 0.3) is 10.2 Å². The van der Waals surface area contributed by atoms with Gasteiger partial charge in [0, 0.05) is 13.1 Å². The van der Waals surface area contributed by atoms with Gasteiger partial charge in [-0.2, -0.15) is 30.2 Å². The summed E-state index contributed by atoms with van der Waals surface area (Å²) in [5, 5.41) is 8.38. The van der Waals surface area contributed by atoms with Gasteiger partial charge in [0.1, 0.15) is 13.1 Å². The molecule has 0 atom stereocenters. The normalized spacial score (nSPS) is 22.4. The van der Waals surface area contributed by atoms with E-state index in [0.717, 1.165) is 0 Å². The summed E-state index contributed by atoms with van der Waals surface area (Å²) in [7, 11) is -4.29. The van der Waals surface area contributed by atoms with Crippen LogP contribution >= 0.6 is 0 Å². The van der Waals surface area contributed by atoms with Crippen molar-refractivity contribution in [3.8, 4) is 0 Å². The molecule has 1 rings (SSSR count). The molecule has 94 valence electrons. The van der Waals surface area contributed by atoms with Gasteiger partial charge in [-0.3, -0.25) is 4.79 Å². The number of rotatable bonds is 3. The highest BCUT2D eigenvalue weighted by atomic mass is 32.2. The molecule has 0 aromatic heterocycles. The lowest BCUT2D eigenvalue weighted by Gasteiger charge is -2.18. The van der Waals surface area contributed by atoms with Gasteiger partial charge in [0.05, 0.1) is 0 Å².